The van der Waals surface area contributed by atoms with Crippen LogP contribution in [0.1, 0.15) is 23.9 Å². The molecule has 0 aliphatic carbocycles. The van der Waals surface area contributed by atoms with E-state index in [0.29, 0.717) is 25.0 Å². The van der Waals surface area contributed by atoms with Crippen molar-refractivity contribution < 1.29 is 9.15 Å². The van der Waals surface area contributed by atoms with Crippen LogP contribution < -0.4 is 15.4 Å². The second-order valence-corrected chi connectivity index (χ2v) is 6.78. The summed E-state index contributed by atoms with van der Waals surface area (Å²) in [5.41, 5.74) is 3.17. The number of hydrogen-bond donors (Lipinski definition) is 2. The quantitative estimate of drug-likeness (QED) is 0.393. The summed E-state index contributed by atoms with van der Waals surface area (Å²) in [6, 6.07) is 18.1. The summed E-state index contributed by atoms with van der Waals surface area (Å²) in [5, 5.41) is 6.39. The molecule has 3 aromatic heterocycles. The van der Waals surface area contributed by atoms with Crippen molar-refractivity contribution >= 4 is 17.6 Å². The minimum absolute atomic E-state index is 0.258. The summed E-state index contributed by atoms with van der Waals surface area (Å²) in [6.45, 7) is 2.81. The molecule has 2 N–H and O–H groups in total. The monoisotopic (exact) mass is 416 g/mol. The molecule has 8 heteroatoms. The molecule has 0 bridgehead atoms. The number of aryl methyl sites for hydroxylation is 2. The third kappa shape index (κ3) is 6.02. The highest BCUT2D eigenvalue weighted by atomic mass is 16.5. The van der Waals surface area contributed by atoms with E-state index >= 15 is 0 Å². The summed E-state index contributed by atoms with van der Waals surface area (Å²) >= 11 is 0. The normalized spacial score (nSPS) is 10.6. The van der Waals surface area contributed by atoms with Crippen LogP contribution in [0.5, 0.6) is 6.01 Å². The fourth-order valence-corrected chi connectivity index (χ4v) is 3.02. The number of rotatable bonds is 10. The number of furan rings is 1. The van der Waals surface area contributed by atoms with E-state index in [-0.39, 0.29) is 6.01 Å². The van der Waals surface area contributed by atoms with E-state index in [1.165, 1.54) is 5.56 Å². The van der Waals surface area contributed by atoms with Crippen molar-refractivity contribution in [1.82, 2.24) is 19.9 Å². The van der Waals surface area contributed by atoms with Gasteiger partial charge in [-0.3, -0.25) is 4.98 Å². The van der Waals surface area contributed by atoms with Gasteiger partial charge in [0.2, 0.25) is 11.9 Å². The Morgan fingerprint density at radius 2 is 1.87 bits per heavy atom. The molecule has 158 valence electrons. The number of nitrogens with zero attached hydrogens (tertiary/aromatic N) is 4. The topological polar surface area (TPSA) is 98.0 Å². The van der Waals surface area contributed by atoms with Gasteiger partial charge in [0, 0.05) is 17.6 Å². The molecule has 0 radical (unpaired) electrons. The van der Waals surface area contributed by atoms with Gasteiger partial charge in [0.1, 0.15) is 5.76 Å². The van der Waals surface area contributed by atoms with Crippen LogP contribution in [-0.4, -0.2) is 26.5 Å². The number of anilines is 3. The summed E-state index contributed by atoms with van der Waals surface area (Å²) in [7, 11) is 0. The summed E-state index contributed by atoms with van der Waals surface area (Å²) < 4.78 is 10.8. The Kier molecular flexibility index (Phi) is 6.69. The highest BCUT2D eigenvalue weighted by molar-refractivity contribution is 5.55. The fourth-order valence-electron chi connectivity index (χ4n) is 3.02. The van der Waals surface area contributed by atoms with Crippen LogP contribution in [0.4, 0.5) is 17.6 Å². The first-order valence-electron chi connectivity index (χ1n) is 10.2. The van der Waals surface area contributed by atoms with E-state index in [0.717, 1.165) is 30.0 Å². The van der Waals surface area contributed by atoms with Crippen LogP contribution in [0.25, 0.3) is 0 Å². The van der Waals surface area contributed by atoms with Gasteiger partial charge in [-0.05, 0) is 61.7 Å². The fraction of sp³-hybridized carbons (Fsp3) is 0.217. The lowest BCUT2D eigenvalue weighted by Crippen LogP contribution is -2.09. The minimum atomic E-state index is 0.258. The molecule has 0 saturated carbocycles. The highest BCUT2D eigenvalue weighted by Gasteiger charge is 2.09. The Morgan fingerprint density at radius 3 is 2.68 bits per heavy atom. The van der Waals surface area contributed by atoms with Crippen molar-refractivity contribution in [2.45, 2.75) is 26.3 Å². The highest BCUT2D eigenvalue weighted by Crippen LogP contribution is 2.19. The molecular weight excluding hydrogens is 392 g/mol. The van der Waals surface area contributed by atoms with Crippen LogP contribution in [0, 0.1) is 0 Å². The first-order chi connectivity index (χ1) is 15.3. The Labute approximate surface area is 180 Å². The zero-order valence-electron chi connectivity index (χ0n) is 17.3. The molecule has 0 unspecified atom stereocenters. The van der Waals surface area contributed by atoms with E-state index in [4.69, 9.17) is 9.15 Å². The third-order valence-electron chi connectivity index (χ3n) is 4.47. The lowest BCUT2D eigenvalue weighted by atomic mass is 10.1. The number of pyridine rings is 1. The molecule has 4 rings (SSSR count). The molecule has 4 aromatic rings. The maximum absolute atomic E-state index is 5.50. The zero-order chi connectivity index (χ0) is 21.3. The van der Waals surface area contributed by atoms with Gasteiger partial charge in [-0.2, -0.15) is 15.0 Å². The molecule has 1 aromatic carbocycles. The molecule has 0 spiro atoms. The molecule has 0 amide bonds. The molecular formula is C23H24N6O2. The zero-order valence-corrected chi connectivity index (χ0v) is 17.3. The average molecular weight is 416 g/mol. The average Bonchev–Trinajstić information content (AvgIpc) is 3.31. The van der Waals surface area contributed by atoms with Crippen LogP contribution in [0.15, 0.2) is 71.5 Å². The second kappa shape index (κ2) is 10.2. The first kappa shape index (κ1) is 20.3. The van der Waals surface area contributed by atoms with Gasteiger partial charge in [-0.1, -0.05) is 18.2 Å². The van der Waals surface area contributed by atoms with Crippen molar-refractivity contribution in [2.24, 2.45) is 0 Å². The number of aromatic nitrogens is 4. The van der Waals surface area contributed by atoms with Crippen molar-refractivity contribution in [3.8, 4) is 6.01 Å². The van der Waals surface area contributed by atoms with Crippen LogP contribution in [0.3, 0.4) is 0 Å². The minimum Gasteiger partial charge on any atom is -0.467 e. The maximum Gasteiger partial charge on any atom is 0.323 e. The Balaban J connectivity index is 1.45. The SMILES string of the molecule is CCOc1nc(NCc2ccco2)nc(Nc2cccc(CCc3ccccn3)c2)n1. The first-order valence-corrected chi connectivity index (χ1v) is 10.2. The van der Waals surface area contributed by atoms with E-state index in [9.17, 15) is 0 Å². The Bertz CT molecular complexity index is 1090. The molecule has 0 aliphatic heterocycles. The molecule has 3 heterocycles. The summed E-state index contributed by atoms with van der Waals surface area (Å²) in [5.74, 6) is 1.60. The molecule has 0 saturated heterocycles. The van der Waals surface area contributed by atoms with E-state index in [1.54, 1.807) is 6.26 Å². The Hall–Kier alpha value is -3.94. The summed E-state index contributed by atoms with van der Waals surface area (Å²) in [6.07, 6.45) is 5.22. The largest absolute Gasteiger partial charge is 0.467 e. The summed E-state index contributed by atoms with van der Waals surface area (Å²) in [4.78, 5) is 17.5. The molecule has 0 fully saturated rings. The van der Waals surface area contributed by atoms with Gasteiger partial charge in [0.15, 0.2) is 0 Å². The predicted molar refractivity (Wildman–Crippen MR) is 118 cm³/mol. The van der Waals surface area contributed by atoms with Gasteiger partial charge >= 0.3 is 6.01 Å². The third-order valence-corrected chi connectivity index (χ3v) is 4.47. The number of benzene rings is 1. The standard InChI is InChI=1S/C23H24N6O2/c1-2-30-23-28-21(25-16-20-10-6-14-31-20)27-22(29-23)26-19-9-5-7-17(15-19)11-12-18-8-3-4-13-24-18/h3-10,13-15H,2,11-12,16H2,1H3,(H2,25,26,27,28,29). The van der Waals surface area contributed by atoms with Gasteiger partial charge in [0.05, 0.1) is 19.4 Å². The number of hydrogen-bond acceptors (Lipinski definition) is 8. The lowest BCUT2D eigenvalue weighted by Gasteiger charge is -2.11. The van der Waals surface area contributed by atoms with Crippen LogP contribution >= 0.6 is 0 Å². The van der Waals surface area contributed by atoms with Crippen molar-refractivity contribution in [3.63, 3.8) is 0 Å². The van der Waals surface area contributed by atoms with Crippen molar-refractivity contribution in [3.05, 3.63) is 84.1 Å². The molecule has 0 atom stereocenters. The molecule has 8 nitrogen and oxygen atoms in total. The predicted octanol–water partition coefficient (Wildman–Crippen LogP) is 4.40. The second-order valence-electron chi connectivity index (χ2n) is 6.78. The Morgan fingerprint density at radius 1 is 0.935 bits per heavy atom. The number of nitrogens with one attached hydrogen (secondary N) is 2. The van der Waals surface area contributed by atoms with Crippen LogP contribution in [0.2, 0.25) is 0 Å². The van der Waals surface area contributed by atoms with E-state index in [2.05, 4.69) is 42.7 Å². The number of ether oxygens (including phenoxy) is 1. The lowest BCUT2D eigenvalue weighted by molar-refractivity contribution is 0.312. The van der Waals surface area contributed by atoms with Crippen molar-refractivity contribution in [1.29, 1.82) is 0 Å². The van der Waals surface area contributed by atoms with Gasteiger partial charge in [-0.25, -0.2) is 0 Å². The van der Waals surface area contributed by atoms with Gasteiger partial charge in [0.25, 0.3) is 0 Å². The maximum atomic E-state index is 5.50. The van der Waals surface area contributed by atoms with E-state index < -0.39 is 0 Å². The molecule has 31 heavy (non-hydrogen) atoms. The smallest absolute Gasteiger partial charge is 0.323 e. The van der Waals surface area contributed by atoms with Crippen molar-refractivity contribution in [2.75, 3.05) is 17.2 Å². The molecule has 0 aliphatic rings. The van der Waals surface area contributed by atoms with Gasteiger partial charge in [-0.15, -0.1) is 0 Å². The van der Waals surface area contributed by atoms with Gasteiger partial charge < -0.3 is 19.8 Å². The van der Waals surface area contributed by atoms with Crippen LogP contribution in [-0.2, 0) is 19.4 Å². The van der Waals surface area contributed by atoms with E-state index in [1.807, 2.05) is 55.6 Å².